The molecule has 20 heavy (non-hydrogen) atoms. The summed E-state index contributed by atoms with van der Waals surface area (Å²) in [6, 6.07) is -4.67. The summed E-state index contributed by atoms with van der Waals surface area (Å²) in [4.78, 5) is 0. The van der Waals surface area contributed by atoms with E-state index >= 15 is 0 Å². The first-order valence-electron chi connectivity index (χ1n) is 11.4. The Hall–Kier alpha value is -2.12. The van der Waals surface area contributed by atoms with E-state index in [1.165, 1.54) is 0 Å². The maximum Gasteiger partial charge on any atom is 0.0638 e. The molecule has 4 rings (SSSR count). The smallest absolute Gasteiger partial charge is 0.0638 e. The minimum atomic E-state index is -0.555. The molecule has 1 heteroatoms. The van der Waals surface area contributed by atoms with E-state index in [-0.39, 0.29) is 50.8 Å². The monoisotopic (exact) mass is 285 g/mol. The largest absolute Gasteiger partial charge is 0.135 e. The molecule has 0 saturated carbocycles. The van der Waals surface area contributed by atoms with Crippen LogP contribution >= 0.6 is 11.3 Å². The Labute approximate surface area is 137 Å². The van der Waals surface area contributed by atoms with Crippen molar-refractivity contribution in [1.82, 2.24) is 0 Å². The number of hydrogen-bond donors (Lipinski definition) is 0. The van der Waals surface area contributed by atoms with Crippen LogP contribution in [0.3, 0.4) is 0 Å². The zero-order chi connectivity index (χ0) is 23.1. The molecule has 0 saturated heterocycles. The van der Waals surface area contributed by atoms with Crippen LogP contribution in [0, 0.1) is 6.92 Å². The van der Waals surface area contributed by atoms with Gasteiger partial charge < -0.3 is 0 Å². The highest BCUT2D eigenvalue weighted by atomic mass is 32.1. The van der Waals surface area contributed by atoms with Crippen molar-refractivity contribution in [2.45, 2.75) is 6.92 Å². The molecule has 0 fully saturated rings. The first kappa shape index (κ1) is 5.01. The van der Waals surface area contributed by atoms with Gasteiger partial charge in [0.2, 0.25) is 0 Å². The maximum atomic E-state index is 8.57. The summed E-state index contributed by atoms with van der Waals surface area (Å²) in [7, 11) is 0. The van der Waals surface area contributed by atoms with Crippen LogP contribution in [-0.2, 0) is 0 Å². The van der Waals surface area contributed by atoms with E-state index < -0.39 is 42.3 Å². The molecule has 1 aromatic heterocycles. The molecule has 0 aliphatic heterocycles. The number of thiophene rings is 1. The van der Waals surface area contributed by atoms with Crippen molar-refractivity contribution in [3.8, 4) is 11.1 Å². The van der Waals surface area contributed by atoms with E-state index in [0.717, 1.165) is 11.3 Å². The van der Waals surface area contributed by atoms with Crippen LogP contribution in [0.5, 0.6) is 0 Å². The molecule has 4 aromatic rings. The maximum absolute atomic E-state index is 8.57. The van der Waals surface area contributed by atoms with Gasteiger partial charge in [-0.15, -0.1) is 11.3 Å². The minimum absolute atomic E-state index is 0.0244. The lowest BCUT2D eigenvalue weighted by Gasteiger charge is -2.07. The molecule has 0 unspecified atom stereocenters. The van der Waals surface area contributed by atoms with Crippen LogP contribution in [0.25, 0.3) is 31.3 Å². The van der Waals surface area contributed by atoms with Gasteiger partial charge in [-0.2, -0.15) is 0 Å². The summed E-state index contributed by atoms with van der Waals surface area (Å²) in [5.74, 6) is 0. The molecule has 0 aliphatic carbocycles. The van der Waals surface area contributed by atoms with E-state index in [9.17, 15) is 0 Å². The molecule has 0 amide bonds. The molecule has 1 heterocycles. The van der Waals surface area contributed by atoms with Gasteiger partial charge in [0.25, 0.3) is 0 Å². The van der Waals surface area contributed by atoms with Crippen LogP contribution in [0.1, 0.15) is 20.6 Å². The van der Waals surface area contributed by atoms with Crippen LogP contribution in [0.15, 0.2) is 66.5 Å². The average molecular weight is 285 g/mol. The van der Waals surface area contributed by atoms with Crippen LogP contribution in [0.4, 0.5) is 0 Å². The van der Waals surface area contributed by atoms with Gasteiger partial charge >= 0.3 is 0 Å². The van der Waals surface area contributed by atoms with Gasteiger partial charge in [-0.3, -0.25) is 0 Å². The van der Waals surface area contributed by atoms with Crippen molar-refractivity contribution < 1.29 is 15.1 Å². The third-order valence-electron chi connectivity index (χ3n) is 3.11. The Morgan fingerprint density at radius 3 is 2.40 bits per heavy atom. The van der Waals surface area contributed by atoms with Gasteiger partial charge in [-0.25, -0.2) is 0 Å². The summed E-state index contributed by atoms with van der Waals surface area (Å²) in [6.07, 6.45) is 0. The van der Waals surface area contributed by atoms with E-state index in [1.54, 1.807) is 6.92 Å². The van der Waals surface area contributed by atoms with Crippen molar-refractivity contribution in [2.75, 3.05) is 0 Å². The zero-order valence-corrected chi connectivity index (χ0v) is 11.2. The van der Waals surface area contributed by atoms with Gasteiger partial charge in [-0.05, 0) is 29.7 Å². The van der Waals surface area contributed by atoms with E-state index in [0.29, 0.717) is 10.3 Å². The first-order valence-corrected chi connectivity index (χ1v) is 6.72. The molecule has 3 aromatic carbocycles. The second-order valence-corrected chi connectivity index (χ2v) is 5.28. The number of aryl methyl sites for hydroxylation is 1. The van der Waals surface area contributed by atoms with Gasteiger partial charge in [0, 0.05) is 20.2 Å². The third kappa shape index (κ3) is 1.67. The van der Waals surface area contributed by atoms with Crippen molar-refractivity contribution in [3.05, 3.63) is 72.0 Å². The molecular weight excluding hydrogens is 260 g/mol. The SMILES string of the molecule is [2H]c1c([2H])c([2H])c(-c2c([2H])c([2H])c3c(sc4c([2H])c([2H])c([2H])c([2H])c43)c2C)c([2H])c1[2H]. The molecular formula is C19H14S. The number of fused-ring (bicyclic) bond motifs is 3. The van der Waals surface area contributed by atoms with Gasteiger partial charge in [0.15, 0.2) is 0 Å². The van der Waals surface area contributed by atoms with E-state index in [1.807, 2.05) is 0 Å². The molecule has 0 atom stereocenters. The summed E-state index contributed by atoms with van der Waals surface area (Å²) >= 11 is 1.04. The van der Waals surface area contributed by atoms with Gasteiger partial charge in [0.1, 0.15) is 0 Å². The Morgan fingerprint density at radius 2 is 1.55 bits per heavy atom. The lowest BCUT2D eigenvalue weighted by Crippen LogP contribution is -1.82. The van der Waals surface area contributed by atoms with Crippen molar-refractivity contribution in [2.24, 2.45) is 0 Å². The fraction of sp³-hybridized carbons (Fsp3) is 0.0526. The van der Waals surface area contributed by atoms with Crippen LogP contribution in [-0.4, -0.2) is 0 Å². The fourth-order valence-electron chi connectivity index (χ4n) is 2.16. The highest BCUT2D eigenvalue weighted by molar-refractivity contribution is 7.26. The molecule has 0 nitrogen and oxygen atoms in total. The summed E-state index contributed by atoms with van der Waals surface area (Å²) in [6.45, 7) is 1.60. The van der Waals surface area contributed by atoms with Gasteiger partial charge in [0.05, 0.1) is 15.1 Å². The lowest BCUT2D eigenvalue weighted by atomic mass is 9.98. The van der Waals surface area contributed by atoms with Crippen molar-refractivity contribution >= 4 is 31.5 Å². The van der Waals surface area contributed by atoms with Crippen molar-refractivity contribution in [1.29, 1.82) is 0 Å². The number of rotatable bonds is 1. The van der Waals surface area contributed by atoms with Crippen LogP contribution < -0.4 is 0 Å². The fourth-order valence-corrected chi connectivity index (χ4v) is 3.23. The Morgan fingerprint density at radius 1 is 0.800 bits per heavy atom. The molecule has 0 aliphatic rings. The Balaban J connectivity index is 2.27. The molecule has 0 N–H and O–H groups in total. The summed E-state index contributed by atoms with van der Waals surface area (Å²) < 4.78 is 90.3. The second-order valence-electron chi connectivity index (χ2n) is 4.26. The Kier molecular flexibility index (Phi) is 1.12. The van der Waals surface area contributed by atoms with Gasteiger partial charge in [-0.1, -0.05) is 60.4 Å². The minimum Gasteiger partial charge on any atom is -0.135 e. The van der Waals surface area contributed by atoms with E-state index in [4.69, 9.17) is 15.1 Å². The highest BCUT2D eigenvalue weighted by Crippen LogP contribution is 2.39. The molecule has 96 valence electrons. The van der Waals surface area contributed by atoms with Crippen LogP contribution in [0.2, 0.25) is 0 Å². The lowest BCUT2D eigenvalue weighted by molar-refractivity contribution is 1.53. The molecule has 0 spiro atoms. The number of hydrogen-bond acceptors (Lipinski definition) is 1. The average Bonchev–Trinajstić information content (AvgIpc) is 3.15. The van der Waals surface area contributed by atoms with E-state index in [2.05, 4.69) is 0 Å². The first-order chi connectivity index (χ1) is 14.4. The number of benzene rings is 3. The summed E-state index contributed by atoms with van der Waals surface area (Å²) in [5.41, 5.74) is 0.227. The zero-order valence-electron chi connectivity index (χ0n) is 21.4. The predicted molar refractivity (Wildman–Crippen MR) is 89.5 cm³/mol. The predicted octanol–water partition coefficient (Wildman–Crippen LogP) is 6.03. The Bertz CT molecular complexity index is 1420. The highest BCUT2D eigenvalue weighted by Gasteiger charge is 2.10. The normalized spacial score (nSPS) is 18.9. The van der Waals surface area contributed by atoms with Crippen molar-refractivity contribution in [3.63, 3.8) is 0 Å². The quantitative estimate of drug-likeness (QED) is 0.400. The second kappa shape index (κ2) is 4.46. The molecule has 0 radical (unpaired) electrons. The summed E-state index contributed by atoms with van der Waals surface area (Å²) in [5, 5.41) is 0.353. The third-order valence-corrected chi connectivity index (χ3v) is 4.34. The molecule has 0 bridgehead atoms. The topological polar surface area (TPSA) is 0 Å². The standard InChI is InChI=1S/C19H14S/c1-13-15(14-7-3-2-4-8-14)11-12-17-16-9-5-6-10-18(16)20-19(13)17/h2-12H,1H3/i2D,3D,4D,5D,6D,7D,8D,9D,10D,11D,12D.